The number of halogens is 1. The summed E-state index contributed by atoms with van der Waals surface area (Å²) in [5.41, 5.74) is 5.64. The van der Waals surface area contributed by atoms with Gasteiger partial charge in [0.1, 0.15) is 5.82 Å². The highest BCUT2D eigenvalue weighted by molar-refractivity contribution is 9.10. The summed E-state index contributed by atoms with van der Waals surface area (Å²) in [6.45, 7) is 2.23. The molecule has 1 unspecified atom stereocenters. The zero-order valence-electron chi connectivity index (χ0n) is 10.8. The van der Waals surface area contributed by atoms with Crippen molar-refractivity contribution in [2.75, 3.05) is 11.1 Å². The van der Waals surface area contributed by atoms with Crippen LogP contribution in [0.4, 0.5) is 11.8 Å². The quantitative estimate of drug-likeness (QED) is 0.891. The van der Waals surface area contributed by atoms with Gasteiger partial charge in [-0.1, -0.05) is 26.2 Å². The second-order valence-electron chi connectivity index (χ2n) is 4.98. The number of hydrogen-bond donors (Lipinski definition) is 2. The van der Waals surface area contributed by atoms with E-state index in [0.29, 0.717) is 12.0 Å². The molecule has 1 saturated carbocycles. The zero-order valence-corrected chi connectivity index (χ0v) is 12.4. The van der Waals surface area contributed by atoms with E-state index in [1.54, 1.807) is 6.20 Å². The predicted octanol–water partition coefficient (Wildman–Crippen LogP) is 3.59. The zero-order chi connectivity index (χ0) is 13.0. The molecule has 0 amide bonds. The van der Waals surface area contributed by atoms with Crippen LogP contribution in [0.5, 0.6) is 0 Å². The number of aromatic nitrogens is 2. The number of nitrogens with zero attached hydrogens (tertiary/aromatic N) is 2. The van der Waals surface area contributed by atoms with Crippen molar-refractivity contribution in [3.63, 3.8) is 0 Å². The number of nitrogen functional groups attached to an aromatic ring is 1. The summed E-state index contributed by atoms with van der Waals surface area (Å²) in [4.78, 5) is 8.23. The summed E-state index contributed by atoms with van der Waals surface area (Å²) in [5, 5.41) is 3.53. The molecule has 1 heterocycles. The van der Waals surface area contributed by atoms with Crippen molar-refractivity contribution in [3.8, 4) is 0 Å². The highest BCUT2D eigenvalue weighted by Gasteiger charge is 2.23. The lowest BCUT2D eigenvalue weighted by atomic mass is 9.83. The van der Waals surface area contributed by atoms with Crippen molar-refractivity contribution in [2.45, 2.75) is 51.5 Å². The maximum absolute atomic E-state index is 5.64. The highest BCUT2D eigenvalue weighted by atomic mass is 79.9. The Morgan fingerprint density at radius 1 is 1.44 bits per heavy atom. The second-order valence-corrected chi connectivity index (χ2v) is 5.84. The molecule has 0 radical (unpaired) electrons. The molecule has 4 nitrogen and oxygen atoms in total. The molecule has 18 heavy (non-hydrogen) atoms. The number of nitrogens with one attached hydrogen (secondary N) is 1. The van der Waals surface area contributed by atoms with Crippen molar-refractivity contribution in [1.82, 2.24) is 9.97 Å². The summed E-state index contributed by atoms with van der Waals surface area (Å²) in [7, 11) is 0. The first-order chi connectivity index (χ1) is 8.70. The summed E-state index contributed by atoms with van der Waals surface area (Å²) in [6.07, 6.45) is 9.57. The molecule has 1 atom stereocenters. The average Bonchev–Trinajstić information content (AvgIpc) is 2.41. The van der Waals surface area contributed by atoms with Gasteiger partial charge in [-0.2, -0.15) is 4.98 Å². The summed E-state index contributed by atoms with van der Waals surface area (Å²) in [6, 6.07) is 0.482. The van der Waals surface area contributed by atoms with Crippen LogP contribution in [0.2, 0.25) is 0 Å². The van der Waals surface area contributed by atoms with Crippen molar-refractivity contribution >= 4 is 27.7 Å². The molecule has 1 fully saturated rings. The lowest BCUT2D eigenvalue weighted by Gasteiger charge is -2.30. The smallest absolute Gasteiger partial charge is 0.221 e. The van der Waals surface area contributed by atoms with E-state index in [0.717, 1.165) is 22.6 Å². The van der Waals surface area contributed by atoms with Gasteiger partial charge in [0.25, 0.3) is 0 Å². The SMILES string of the molecule is CCC(Nc1nc(N)ncc1Br)C1CCCCC1. The van der Waals surface area contributed by atoms with Crippen LogP contribution in [-0.4, -0.2) is 16.0 Å². The minimum Gasteiger partial charge on any atom is -0.368 e. The molecular formula is C13H21BrN4. The molecule has 0 aromatic carbocycles. The first-order valence-electron chi connectivity index (χ1n) is 6.75. The number of hydrogen-bond acceptors (Lipinski definition) is 4. The fourth-order valence-corrected chi connectivity index (χ4v) is 3.05. The van der Waals surface area contributed by atoms with Crippen molar-refractivity contribution in [3.05, 3.63) is 10.7 Å². The minimum atomic E-state index is 0.319. The predicted molar refractivity (Wildman–Crippen MR) is 78.4 cm³/mol. The number of nitrogens with two attached hydrogens (primary N) is 1. The Kier molecular flexibility index (Phi) is 4.80. The summed E-state index contributed by atoms with van der Waals surface area (Å²) >= 11 is 3.47. The maximum Gasteiger partial charge on any atom is 0.221 e. The van der Waals surface area contributed by atoms with E-state index in [-0.39, 0.29) is 0 Å². The lowest BCUT2D eigenvalue weighted by Crippen LogP contribution is -2.30. The van der Waals surface area contributed by atoms with Crippen molar-refractivity contribution < 1.29 is 0 Å². The van der Waals surface area contributed by atoms with E-state index in [1.165, 1.54) is 32.1 Å². The molecule has 1 aliphatic carbocycles. The topological polar surface area (TPSA) is 63.8 Å². The standard InChI is InChI=1S/C13H21BrN4/c1-2-11(9-6-4-3-5-7-9)17-12-10(14)8-16-13(15)18-12/h8-9,11H,2-7H2,1H3,(H3,15,16,17,18). The molecule has 100 valence electrons. The van der Waals surface area contributed by atoms with Gasteiger partial charge in [0, 0.05) is 12.2 Å². The fraction of sp³-hybridized carbons (Fsp3) is 0.692. The monoisotopic (exact) mass is 312 g/mol. The number of anilines is 2. The van der Waals surface area contributed by atoms with Gasteiger partial charge < -0.3 is 11.1 Å². The molecule has 1 aliphatic rings. The largest absolute Gasteiger partial charge is 0.368 e. The minimum absolute atomic E-state index is 0.319. The maximum atomic E-state index is 5.64. The van der Waals surface area contributed by atoms with E-state index >= 15 is 0 Å². The van der Waals surface area contributed by atoms with E-state index in [9.17, 15) is 0 Å². The molecule has 0 saturated heterocycles. The number of rotatable bonds is 4. The first kappa shape index (κ1) is 13.6. The summed E-state index contributed by atoms with van der Waals surface area (Å²) in [5.74, 6) is 1.89. The third-order valence-electron chi connectivity index (χ3n) is 3.74. The Balaban J connectivity index is 2.06. The molecule has 0 bridgehead atoms. The molecule has 5 heteroatoms. The van der Waals surface area contributed by atoms with Crippen molar-refractivity contribution in [2.24, 2.45) is 5.92 Å². The Morgan fingerprint density at radius 2 is 2.17 bits per heavy atom. The fourth-order valence-electron chi connectivity index (χ4n) is 2.75. The molecule has 3 N–H and O–H groups in total. The third-order valence-corrected chi connectivity index (χ3v) is 4.32. The van der Waals surface area contributed by atoms with Crippen LogP contribution in [-0.2, 0) is 0 Å². The van der Waals surface area contributed by atoms with Gasteiger partial charge in [0.05, 0.1) is 4.47 Å². The van der Waals surface area contributed by atoms with Crippen LogP contribution >= 0.6 is 15.9 Å². The Labute approximate surface area is 117 Å². The molecular weight excluding hydrogens is 292 g/mol. The molecule has 0 spiro atoms. The van der Waals surface area contributed by atoms with Gasteiger partial charge in [-0.15, -0.1) is 0 Å². The van der Waals surface area contributed by atoms with Crippen LogP contribution < -0.4 is 11.1 Å². The first-order valence-corrected chi connectivity index (χ1v) is 7.54. The molecule has 2 rings (SSSR count). The second kappa shape index (κ2) is 6.36. The van der Waals surface area contributed by atoms with Crippen LogP contribution in [0, 0.1) is 5.92 Å². The van der Waals surface area contributed by atoms with Crippen molar-refractivity contribution in [1.29, 1.82) is 0 Å². The normalized spacial score (nSPS) is 18.6. The van der Waals surface area contributed by atoms with Gasteiger partial charge in [0.15, 0.2) is 0 Å². The lowest BCUT2D eigenvalue weighted by molar-refractivity contribution is 0.312. The van der Waals surface area contributed by atoms with Crippen LogP contribution in [0.25, 0.3) is 0 Å². The van der Waals surface area contributed by atoms with E-state index in [2.05, 4.69) is 38.1 Å². The summed E-state index contributed by atoms with van der Waals surface area (Å²) < 4.78 is 0.881. The highest BCUT2D eigenvalue weighted by Crippen LogP contribution is 2.30. The van der Waals surface area contributed by atoms with E-state index in [4.69, 9.17) is 5.73 Å². The average molecular weight is 313 g/mol. The van der Waals surface area contributed by atoms with Crippen LogP contribution in [0.3, 0.4) is 0 Å². The van der Waals surface area contributed by atoms with Gasteiger partial charge in [-0.05, 0) is 41.1 Å². The van der Waals surface area contributed by atoms with Gasteiger partial charge >= 0.3 is 0 Å². The Bertz CT molecular complexity index is 391. The third kappa shape index (κ3) is 3.34. The van der Waals surface area contributed by atoms with Crippen LogP contribution in [0.15, 0.2) is 10.7 Å². The Hall–Kier alpha value is -0.840. The van der Waals surface area contributed by atoms with E-state index < -0.39 is 0 Å². The Morgan fingerprint density at radius 3 is 2.83 bits per heavy atom. The van der Waals surface area contributed by atoms with Gasteiger partial charge in [0.2, 0.25) is 5.95 Å². The van der Waals surface area contributed by atoms with Gasteiger partial charge in [-0.25, -0.2) is 4.98 Å². The van der Waals surface area contributed by atoms with Crippen LogP contribution in [0.1, 0.15) is 45.4 Å². The molecule has 1 aromatic heterocycles. The molecule has 1 aromatic rings. The van der Waals surface area contributed by atoms with E-state index in [1.807, 2.05) is 0 Å². The van der Waals surface area contributed by atoms with Gasteiger partial charge in [-0.3, -0.25) is 0 Å². The molecule has 0 aliphatic heterocycles.